The van der Waals surface area contributed by atoms with Crippen molar-refractivity contribution in [3.8, 4) is 0 Å². The number of aliphatic hydroxyl groups excluding tert-OH is 1. The number of nitrogens with one attached hydrogen (secondary N) is 1. The third-order valence-corrected chi connectivity index (χ3v) is 9.35. The summed E-state index contributed by atoms with van der Waals surface area (Å²) in [5.74, 6) is 0.953. The van der Waals surface area contributed by atoms with E-state index in [9.17, 15) is 36.2 Å². The molecule has 3 aromatic rings. The summed E-state index contributed by atoms with van der Waals surface area (Å²) in [5, 5.41) is 12.9. The van der Waals surface area contributed by atoms with Crippen LogP contribution in [0, 0.1) is 0 Å². The lowest BCUT2D eigenvalue weighted by Gasteiger charge is -2.32. The van der Waals surface area contributed by atoms with Crippen LogP contribution in [0.25, 0.3) is 0 Å². The molecule has 0 spiro atoms. The SMILES string of the molecule is CC[C@@H]1C[C@H](N(Cc2cc(C(F)(F)F)cc(C(F)(F)F)c2)c2ncc(N3CCNC3=O)cn2)CN1c1nc(N2CCC(O)CC2)ncc1Cl. The highest BCUT2D eigenvalue weighted by Gasteiger charge is 2.40. The summed E-state index contributed by atoms with van der Waals surface area (Å²) in [4.78, 5) is 37.2. The van der Waals surface area contributed by atoms with E-state index in [-0.39, 0.29) is 47.8 Å². The average Bonchev–Trinajstić information content (AvgIpc) is 3.69. The number of nitrogens with zero attached hydrogens (tertiary/aromatic N) is 8. The summed E-state index contributed by atoms with van der Waals surface area (Å²) in [6.07, 6.45) is -3.93. The van der Waals surface area contributed by atoms with E-state index in [0.717, 1.165) is 0 Å². The maximum Gasteiger partial charge on any atom is 0.416 e. The van der Waals surface area contributed by atoms with Gasteiger partial charge in [-0.05, 0) is 49.4 Å². The summed E-state index contributed by atoms with van der Waals surface area (Å²) >= 11 is 6.63. The van der Waals surface area contributed by atoms with Crippen molar-refractivity contribution in [2.45, 2.75) is 69.7 Å². The van der Waals surface area contributed by atoms with Crippen molar-refractivity contribution < 1.29 is 36.2 Å². The van der Waals surface area contributed by atoms with E-state index in [1.54, 1.807) is 4.90 Å². The van der Waals surface area contributed by atoms with Crippen molar-refractivity contribution in [2.24, 2.45) is 0 Å². The monoisotopic (exact) mass is 713 g/mol. The number of rotatable bonds is 8. The Balaban J connectivity index is 1.36. The second kappa shape index (κ2) is 13.7. The first-order valence-corrected chi connectivity index (χ1v) is 16.2. The van der Waals surface area contributed by atoms with Gasteiger partial charge in [-0.25, -0.2) is 19.7 Å². The highest BCUT2D eigenvalue weighted by Crippen LogP contribution is 2.39. The summed E-state index contributed by atoms with van der Waals surface area (Å²) < 4.78 is 82.7. The zero-order chi connectivity index (χ0) is 35.1. The number of halogens is 7. The number of hydrogen-bond acceptors (Lipinski definition) is 9. The number of hydrogen-bond donors (Lipinski definition) is 2. The summed E-state index contributed by atoms with van der Waals surface area (Å²) in [7, 11) is 0. The first-order valence-electron chi connectivity index (χ1n) is 15.9. The molecule has 0 aliphatic carbocycles. The lowest BCUT2D eigenvalue weighted by atomic mass is 10.0. The van der Waals surface area contributed by atoms with E-state index in [4.69, 9.17) is 16.6 Å². The zero-order valence-electron chi connectivity index (χ0n) is 26.3. The molecule has 0 saturated carbocycles. The zero-order valence-corrected chi connectivity index (χ0v) is 27.1. The summed E-state index contributed by atoms with van der Waals surface area (Å²) in [5.41, 5.74) is -2.67. The molecule has 3 saturated heterocycles. The van der Waals surface area contributed by atoms with E-state index in [2.05, 4.69) is 20.3 Å². The van der Waals surface area contributed by atoms with Crippen molar-refractivity contribution in [3.63, 3.8) is 0 Å². The van der Waals surface area contributed by atoms with Crippen LogP contribution >= 0.6 is 11.6 Å². The first kappa shape index (κ1) is 34.7. The number of piperidine rings is 1. The van der Waals surface area contributed by atoms with Crippen LogP contribution in [0.15, 0.2) is 36.8 Å². The predicted molar refractivity (Wildman–Crippen MR) is 170 cm³/mol. The predicted octanol–water partition coefficient (Wildman–Crippen LogP) is 5.51. The molecule has 2 aromatic heterocycles. The Labute approximate surface area is 282 Å². The van der Waals surface area contributed by atoms with Crippen LogP contribution in [0.1, 0.15) is 49.3 Å². The second-order valence-corrected chi connectivity index (χ2v) is 12.7. The van der Waals surface area contributed by atoms with Crippen LogP contribution in [-0.2, 0) is 18.9 Å². The number of carbonyl (C=O) groups is 1. The Morgan fingerprint density at radius 1 is 0.980 bits per heavy atom. The molecule has 18 heteroatoms. The van der Waals surface area contributed by atoms with Gasteiger partial charge >= 0.3 is 18.4 Å². The third kappa shape index (κ3) is 7.56. The second-order valence-electron chi connectivity index (χ2n) is 12.3. The van der Waals surface area contributed by atoms with Crippen LogP contribution in [0.4, 0.5) is 54.5 Å². The van der Waals surface area contributed by atoms with Gasteiger partial charge in [-0.15, -0.1) is 0 Å². The minimum atomic E-state index is -5.01. The number of anilines is 4. The fourth-order valence-electron chi connectivity index (χ4n) is 6.52. The Kier molecular flexibility index (Phi) is 9.68. The minimum Gasteiger partial charge on any atom is -0.393 e. The van der Waals surface area contributed by atoms with Crippen LogP contribution in [-0.4, -0.2) is 82.0 Å². The van der Waals surface area contributed by atoms with Crippen LogP contribution in [0.5, 0.6) is 0 Å². The quantitative estimate of drug-likeness (QED) is 0.292. The standard InChI is InChI=1S/C31H34ClF6N9O2/c1-2-21-12-22(17-46(21)26-25(32)15-42-28(43-26)44-6-3-24(48)4-7-44)47(27-40-13-23(14-41-27)45-8-5-39-29(45)49)16-18-9-19(30(33,34)35)11-20(10-18)31(36,37)38/h9-11,13-15,21-22,24,48H,2-8,12,16-17H2,1H3,(H,39,49)/t21-,22+/m1/s1. The maximum absolute atomic E-state index is 13.8. The number of alkyl halides is 6. The lowest BCUT2D eigenvalue weighted by molar-refractivity contribution is -0.143. The molecule has 0 radical (unpaired) electrons. The maximum atomic E-state index is 13.8. The first-order chi connectivity index (χ1) is 23.2. The Bertz CT molecular complexity index is 1620. The smallest absolute Gasteiger partial charge is 0.393 e. The van der Waals surface area contributed by atoms with Gasteiger partial charge < -0.3 is 25.1 Å². The third-order valence-electron chi connectivity index (χ3n) is 9.09. The molecule has 264 valence electrons. The van der Waals surface area contributed by atoms with E-state index in [1.165, 1.54) is 23.5 Å². The minimum absolute atomic E-state index is 0.0670. The molecule has 11 nitrogen and oxygen atoms in total. The van der Waals surface area contributed by atoms with Gasteiger partial charge in [-0.1, -0.05) is 18.5 Å². The molecule has 6 rings (SSSR count). The van der Waals surface area contributed by atoms with Gasteiger partial charge in [-0.3, -0.25) is 4.90 Å². The van der Waals surface area contributed by atoms with Crippen LogP contribution in [0.3, 0.4) is 0 Å². The van der Waals surface area contributed by atoms with Gasteiger partial charge in [0.15, 0.2) is 5.82 Å². The van der Waals surface area contributed by atoms with Crippen LogP contribution < -0.4 is 24.9 Å². The van der Waals surface area contributed by atoms with Crippen molar-refractivity contribution in [1.82, 2.24) is 25.3 Å². The highest BCUT2D eigenvalue weighted by atomic mass is 35.5. The Morgan fingerprint density at radius 2 is 1.63 bits per heavy atom. The molecule has 0 bridgehead atoms. The molecule has 49 heavy (non-hydrogen) atoms. The van der Waals surface area contributed by atoms with Crippen LogP contribution in [0.2, 0.25) is 5.02 Å². The molecule has 3 aliphatic heterocycles. The van der Waals surface area contributed by atoms with E-state index >= 15 is 0 Å². The van der Waals surface area contributed by atoms with E-state index < -0.39 is 35.6 Å². The number of amides is 2. The van der Waals surface area contributed by atoms with Gasteiger partial charge in [-0.2, -0.15) is 31.3 Å². The Hall–Kier alpha value is -4.12. The van der Waals surface area contributed by atoms with Crippen molar-refractivity contribution in [2.75, 3.05) is 52.3 Å². The molecule has 5 heterocycles. The fraction of sp³-hybridized carbons (Fsp3) is 0.516. The van der Waals surface area contributed by atoms with Gasteiger partial charge in [0.05, 0.1) is 47.6 Å². The number of benzene rings is 1. The molecule has 2 atom stereocenters. The van der Waals surface area contributed by atoms with Crippen molar-refractivity contribution in [1.29, 1.82) is 0 Å². The van der Waals surface area contributed by atoms with E-state index in [0.29, 0.717) is 81.4 Å². The van der Waals surface area contributed by atoms with Gasteiger partial charge in [0.2, 0.25) is 11.9 Å². The normalized spacial score (nSPS) is 20.7. The number of urea groups is 1. The van der Waals surface area contributed by atoms with Gasteiger partial charge in [0, 0.05) is 45.3 Å². The van der Waals surface area contributed by atoms with Crippen molar-refractivity contribution >= 4 is 41.0 Å². The molecule has 2 N–H and O–H groups in total. The lowest BCUT2D eigenvalue weighted by Crippen LogP contribution is -2.39. The summed E-state index contributed by atoms with van der Waals surface area (Å²) in [6, 6.07) is 0.528. The van der Waals surface area contributed by atoms with E-state index in [1.807, 2.05) is 16.7 Å². The largest absolute Gasteiger partial charge is 0.416 e. The topological polar surface area (TPSA) is 114 Å². The highest BCUT2D eigenvalue weighted by molar-refractivity contribution is 6.32. The summed E-state index contributed by atoms with van der Waals surface area (Å²) in [6.45, 7) is 3.75. The van der Waals surface area contributed by atoms with Crippen molar-refractivity contribution in [3.05, 3.63) is 58.5 Å². The fourth-order valence-corrected chi connectivity index (χ4v) is 6.72. The average molecular weight is 714 g/mol. The number of aromatic nitrogens is 4. The molecular formula is C31H34ClF6N9O2. The van der Waals surface area contributed by atoms with Gasteiger partial charge in [0.25, 0.3) is 0 Å². The van der Waals surface area contributed by atoms with Gasteiger partial charge in [0.1, 0.15) is 5.02 Å². The molecule has 3 fully saturated rings. The molecule has 3 aliphatic rings. The molecular weight excluding hydrogens is 680 g/mol. The number of aliphatic hydroxyl groups is 1. The number of carbonyl (C=O) groups excluding carboxylic acids is 1. The molecule has 1 aromatic carbocycles. The molecule has 0 unspecified atom stereocenters. The Morgan fingerprint density at radius 3 is 2.20 bits per heavy atom. The molecule has 2 amide bonds.